The lowest BCUT2D eigenvalue weighted by atomic mass is 9.65. The van der Waals surface area contributed by atoms with Gasteiger partial charge in [0.1, 0.15) is 12.4 Å². The highest BCUT2D eigenvalue weighted by atomic mass is 16.5. The SMILES string of the molecule is CCCCCC1CCC(C2CCC(C3CCC(OCCOc4ccc(N)cc4N)CC3)CC2)CC1. The number of anilines is 2. The molecular formula is C31H52N2O2. The van der Waals surface area contributed by atoms with Gasteiger partial charge in [-0.25, -0.2) is 0 Å². The van der Waals surface area contributed by atoms with Crippen molar-refractivity contribution in [2.75, 3.05) is 24.7 Å². The maximum Gasteiger partial charge on any atom is 0.142 e. The van der Waals surface area contributed by atoms with Crippen LogP contribution in [0.15, 0.2) is 18.2 Å². The van der Waals surface area contributed by atoms with E-state index in [4.69, 9.17) is 20.9 Å². The lowest BCUT2D eigenvalue weighted by molar-refractivity contribution is -0.00579. The first-order valence-corrected chi connectivity index (χ1v) is 15.0. The van der Waals surface area contributed by atoms with Gasteiger partial charge in [0.15, 0.2) is 0 Å². The van der Waals surface area contributed by atoms with Crippen LogP contribution in [0.3, 0.4) is 0 Å². The van der Waals surface area contributed by atoms with E-state index in [0.717, 1.165) is 29.6 Å². The van der Waals surface area contributed by atoms with Gasteiger partial charge in [-0.15, -0.1) is 0 Å². The third kappa shape index (κ3) is 8.03. The molecule has 0 bridgehead atoms. The molecule has 3 saturated carbocycles. The molecule has 1 aromatic carbocycles. The highest BCUT2D eigenvalue weighted by Crippen LogP contribution is 2.46. The minimum absolute atomic E-state index is 0.405. The molecule has 3 fully saturated rings. The molecule has 4 rings (SSSR count). The Morgan fingerprint density at radius 2 is 1.29 bits per heavy atom. The second-order valence-electron chi connectivity index (χ2n) is 12.0. The molecule has 4 heteroatoms. The van der Waals surface area contributed by atoms with Crippen molar-refractivity contribution in [2.24, 2.45) is 29.6 Å². The van der Waals surface area contributed by atoms with E-state index in [1.807, 2.05) is 12.1 Å². The lowest BCUT2D eigenvalue weighted by Gasteiger charge is -2.41. The summed E-state index contributed by atoms with van der Waals surface area (Å²) in [6.45, 7) is 3.49. The average molecular weight is 485 g/mol. The van der Waals surface area contributed by atoms with Gasteiger partial charge in [-0.1, -0.05) is 45.4 Å². The fraction of sp³-hybridized carbons (Fsp3) is 0.806. The molecule has 4 nitrogen and oxygen atoms in total. The normalized spacial score (nSPS) is 31.8. The summed E-state index contributed by atoms with van der Waals surface area (Å²) >= 11 is 0. The number of rotatable bonds is 11. The number of hydrogen-bond acceptors (Lipinski definition) is 4. The summed E-state index contributed by atoms with van der Waals surface area (Å²) in [4.78, 5) is 0. The molecule has 1 aromatic rings. The Morgan fingerprint density at radius 3 is 1.86 bits per heavy atom. The topological polar surface area (TPSA) is 70.5 Å². The molecule has 0 spiro atoms. The van der Waals surface area contributed by atoms with Crippen LogP contribution in [0.1, 0.15) is 110 Å². The van der Waals surface area contributed by atoms with Gasteiger partial charge in [-0.3, -0.25) is 0 Å². The van der Waals surface area contributed by atoms with E-state index in [2.05, 4.69) is 6.92 Å². The Kier molecular flexibility index (Phi) is 10.5. The highest BCUT2D eigenvalue weighted by Gasteiger charge is 2.34. The molecule has 0 radical (unpaired) electrons. The van der Waals surface area contributed by atoms with Gasteiger partial charge in [0, 0.05) is 5.69 Å². The van der Waals surface area contributed by atoms with Crippen molar-refractivity contribution in [3.05, 3.63) is 18.2 Å². The quantitative estimate of drug-likeness (QED) is 0.246. The van der Waals surface area contributed by atoms with Gasteiger partial charge in [-0.05, 0) is 112 Å². The second kappa shape index (κ2) is 13.8. The van der Waals surface area contributed by atoms with Crippen LogP contribution in [-0.2, 0) is 4.74 Å². The second-order valence-corrected chi connectivity index (χ2v) is 12.0. The largest absolute Gasteiger partial charge is 0.489 e. The molecular weight excluding hydrogens is 432 g/mol. The first-order chi connectivity index (χ1) is 17.1. The van der Waals surface area contributed by atoms with Gasteiger partial charge in [-0.2, -0.15) is 0 Å². The zero-order chi connectivity index (χ0) is 24.5. The predicted molar refractivity (Wildman–Crippen MR) is 147 cm³/mol. The molecule has 0 atom stereocenters. The number of hydrogen-bond donors (Lipinski definition) is 2. The van der Waals surface area contributed by atoms with Crippen LogP contribution in [0.25, 0.3) is 0 Å². The van der Waals surface area contributed by atoms with E-state index >= 15 is 0 Å². The van der Waals surface area contributed by atoms with Crippen LogP contribution < -0.4 is 16.2 Å². The zero-order valence-electron chi connectivity index (χ0n) is 22.4. The molecule has 0 aromatic heterocycles. The van der Waals surface area contributed by atoms with Crippen molar-refractivity contribution in [3.63, 3.8) is 0 Å². The van der Waals surface area contributed by atoms with E-state index in [1.54, 1.807) is 6.07 Å². The number of unbranched alkanes of at least 4 members (excludes halogenated alkanes) is 2. The highest BCUT2D eigenvalue weighted by molar-refractivity contribution is 5.60. The van der Waals surface area contributed by atoms with Gasteiger partial charge in [0.05, 0.1) is 18.4 Å². The maximum atomic E-state index is 6.15. The Bertz CT molecular complexity index is 729. The lowest BCUT2D eigenvalue weighted by Crippen LogP contribution is -2.31. The monoisotopic (exact) mass is 484 g/mol. The first-order valence-electron chi connectivity index (χ1n) is 15.0. The van der Waals surface area contributed by atoms with Crippen LogP contribution in [0.2, 0.25) is 0 Å². The van der Waals surface area contributed by atoms with E-state index < -0.39 is 0 Å². The van der Waals surface area contributed by atoms with E-state index in [0.29, 0.717) is 36.4 Å². The summed E-state index contributed by atoms with van der Waals surface area (Å²) in [7, 11) is 0. The summed E-state index contributed by atoms with van der Waals surface area (Å²) in [6, 6.07) is 5.40. The third-order valence-electron chi connectivity index (χ3n) is 9.70. The van der Waals surface area contributed by atoms with E-state index in [-0.39, 0.29) is 0 Å². The fourth-order valence-corrected chi connectivity index (χ4v) is 7.51. The Hall–Kier alpha value is -1.42. The summed E-state index contributed by atoms with van der Waals surface area (Å²) in [5.74, 6) is 5.76. The van der Waals surface area contributed by atoms with Crippen molar-refractivity contribution in [3.8, 4) is 5.75 Å². The fourth-order valence-electron chi connectivity index (χ4n) is 7.51. The maximum absolute atomic E-state index is 6.15. The molecule has 0 saturated heterocycles. The van der Waals surface area contributed by atoms with Crippen LogP contribution >= 0.6 is 0 Å². The number of nitrogen functional groups attached to an aromatic ring is 2. The van der Waals surface area contributed by atoms with Crippen molar-refractivity contribution >= 4 is 11.4 Å². The molecule has 0 unspecified atom stereocenters. The zero-order valence-corrected chi connectivity index (χ0v) is 22.4. The number of benzene rings is 1. The third-order valence-corrected chi connectivity index (χ3v) is 9.70. The first kappa shape index (κ1) is 26.6. The molecule has 198 valence electrons. The van der Waals surface area contributed by atoms with Gasteiger partial charge >= 0.3 is 0 Å². The van der Waals surface area contributed by atoms with E-state index in [9.17, 15) is 0 Å². The van der Waals surface area contributed by atoms with Crippen LogP contribution in [0.4, 0.5) is 11.4 Å². The van der Waals surface area contributed by atoms with E-state index in [1.165, 1.54) is 103 Å². The summed E-state index contributed by atoms with van der Waals surface area (Å²) in [5.41, 5.74) is 13.0. The average Bonchev–Trinajstić information content (AvgIpc) is 2.89. The summed E-state index contributed by atoms with van der Waals surface area (Å²) in [6.07, 6.45) is 23.5. The molecule has 3 aliphatic carbocycles. The molecule has 35 heavy (non-hydrogen) atoms. The van der Waals surface area contributed by atoms with Crippen molar-refractivity contribution in [1.82, 2.24) is 0 Å². The molecule has 0 aliphatic heterocycles. The molecule has 0 amide bonds. The molecule has 4 N–H and O–H groups in total. The smallest absolute Gasteiger partial charge is 0.142 e. The number of nitrogens with two attached hydrogens (primary N) is 2. The van der Waals surface area contributed by atoms with Gasteiger partial charge < -0.3 is 20.9 Å². The van der Waals surface area contributed by atoms with Crippen LogP contribution in [0, 0.1) is 29.6 Å². The van der Waals surface area contributed by atoms with Crippen molar-refractivity contribution < 1.29 is 9.47 Å². The van der Waals surface area contributed by atoms with Gasteiger partial charge in [0.2, 0.25) is 0 Å². The molecule has 3 aliphatic rings. The number of ether oxygens (including phenoxy) is 2. The Morgan fingerprint density at radius 1 is 0.714 bits per heavy atom. The van der Waals surface area contributed by atoms with Crippen LogP contribution in [0.5, 0.6) is 5.75 Å². The molecule has 0 heterocycles. The summed E-state index contributed by atoms with van der Waals surface area (Å²) < 4.78 is 11.9. The minimum Gasteiger partial charge on any atom is -0.489 e. The predicted octanol–water partition coefficient (Wildman–Crippen LogP) is 8.00. The van der Waals surface area contributed by atoms with Gasteiger partial charge in [0.25, 0.3) is 0 Å². The summed E-state index contributed by atoms with van der Waals surface area (Å²) in [5, 5.41) is 0. The standard InChI is InChI=1S/C31H52N2O2/c1-2-3-4-5-23-6-8-24(9-7-23)25-10-12-26(13-11-25)27-14-17-29(18-15-27)34-20-21-35-31-19-16-28(32)22-30(31)33/h16,19,22-27,29H,2-15,17-18,20-21,32-33H2,1H3. The van der Waals surface area contributed by atoms with Crippen LogP contribution in [-0.4, -0.2) is 19.3 Å². The minimum atomic E-state index is 0.405. The van der Waals surface area contributed by atoms with Crippen molar-refractivity contribution in [2.45, 2.75) is 116 Å². The van der Waals surface area contributed by atoms with Crippen molar-refractivity contribution in [1.29, 1.82) is 0 Å². The Labute approximate surface area is 214 Å². The Balaban J connectivity index is 1.07.